The number of phenolic OH excluding ortho intramolecular Hbond substituents is 1. The van der Waals surface area contributed by atoms with E-state index in [1.165, 1.54) is 24.3 Å². The van der Waals surface area contributed by atoms with E-state index in [0.717, 1.165) is 18.3 Å². The highest BCUT2D eigenvalue weighted by Crippen LogP contribution is 2.32. The zero-order valence-corrected chi connectivity index (χ0v) is 14.1. The van der Waals surface area contributed by atoms with Crippen LogP contribution in [0.1, 0.15) is 21.5 Å². The fourth-order valence-corrected chi connectivity index (χ4v) is 2.67. The largest absolute Gasteiger partial charge is 0.506 e. The molecule has 0 aliphatic carbocycles. The summed E-state index contributed by atoms with van der Waals surface area (Å²) in [6.07, 6.45) is -3.59. The molecule has 2 N–H and O–H groups in total. The molecular weight excluding hydrogens is 413 g/mol. The van der Waals surface area contributed by atoms with E-state index < -0.39 is 23.2 Å². The summed E-state index contributed by atoms with van der Waals surface area (Å²) in [6.45, 7) is 0. The van der Waals surface area contributed by atoms with E-state index in [1.54, 1.807) is 0 Å². The number of aromatic hydroxyl groups is 1. The van der Waals surface area contributed by atoms with Crippen LogP contribution in [0.25, 0.3) is 0 Å². The molecule has 1 amide bonds. The number of carbonyl (C=O) groups excluding carboxylic acids is 1. The Kier molecular flexibility index (Phi) is 5.51. The number of amides is 1. The molecule has 0 aliphatic heterocycles. The van der Waals surface area contributed by atoms with Crippen molar-refractivity contribution in [1.82, 2.24) is 5.43 Å². The quantitative estimate of drug-likeness (QED) is 0.562. The van der Waals surface area contributed by atoms with E-state index >= 15 is 0 Å². The lowest BCUT2D eigenvalue weighted by atomic mass is 10.1. The number of phenols is 1. The standard InChI is InChI=1S/C15H9BrClF3N2O2/c16-12-6-9(17)5-8(13(12)23)7-21-22-14(24)10-3-1-2-4-11(10)15(18,19)20/h1-7,23H,(H,22,24). The molecule has 0 heterocycles. The van der Waals surface area contributed by atoms with Gasteiger partial charge in [-0.3, -0.25) is 4.79 Å². The van der Waals surface area contributed by atoms with Gasteiger partial charge in [0.1, 0.15) is 5.75 Å². The number of hydrazone groups is 1. The fraction of sp³-hybridized carbons (Fsp3) is 0.0667. The van der Waals surface area contributed by atoms with Crippen molar-refractivity contribution in [3.05, 3.63) is 62.6 Å². The highest BCUT2D eigenvalue weighted by molar-refractivity contribution is 9.10. The minimum atomic E-state index is -4.66. The van der Waals surface area contributed by atoms with E-state index in [1.807, 2.05) is 5.43 Å². The summed E-state index contributed by atoms with van der Waals surface area (Å²) in [5.41, 5.74) is 0.546. The van der Waals surface area contributed by atoms with Crippen LogP contribution in [0.2, 0.25) is 5.02 Å². The van der Waals surface area contributed by atoms with Crippen molar-refractivity contribution in [3.8, 4) is 5.75 Å². The molecule has 4 nitrogen and oxygen atoms in total. The molecule has 2 aromatic rings. The van der Waals surface area contributed by atoms with Crippen LogP contribution in [0.3, 0.4) is 0 Å². The number of hydrogen-bond acceptors (Lipinski definition) is 3. The normalized spacial score (nSPS) is 11.7. The molecule has 9 heteroatoms. The Bertz CT molecular complexity index is 810. The minimum Gasteiger partial charge on any atom is -0.506 e. The molecule has 0 bridgehead atoms. The number of rotatable bonds is 3. The minimum absolute atomic E-state index is 0.173. The third-order valence-electron chi connectivity index (χ3n) is 2.90. The zero-order valence-electron chi connectivity index (χ0n) is 11.7. The van der Waals surface area contributed by atoms with Crippen LogP contribution in [0.5, 0.6) is 5.75 Å². The third-order valence-corrected chi connectivity index (χ3v) is 3.73. The summed E-state index contributed by atoms with van der Waals surface area (Å²) in [7, 11) is 0. The summed E-state index contributed by atoms with van der Waals surface area (Å²) in [6, 6.07) is 7.17. The van der Waals surface area contributed by atoms with E-state index in [0.29, 0.717) is 9.50 Å². The molecule has 0 atom stereocenters. The number of nitrogens with one attached hydrogen (secondary N) is 1. The molecule has 0 fully saturated rings. The van der Waals surface area contributed by atoms with Crippen molar-refractivity contribution in [3.63, 3.8) is 0 Å². The van der Waals surface area contributed by atoms with Gasteiger partial charge in [-0.1, -0.05) is 23.7 Å². The predicted molar refractivity (Wildman–Crippen MR) is 87.3 cm³/mol. The van der Waals surface area contributed by atoms with Gasteiger partial charge in [-0.2, -0.15) is 18.3 Å². The van der Waals surface area contributed by atoms with E-state index in [4.69, 9.17) is 11.6 Å². The number of nitrogens with zero attached hydrogens (tertiary/aromatic N) is 1. The Hall–Kier alpha value is -2.06. The zero-order chi connectivity index (χ0) is 17.9. The first-order valence-electron chi connectivity index (χ1n) is 6.38. The maximum Gasteiger partial charge on any atom is 0.417 e. The molecule has 126 valence electrons. The Balaban J connectivity index is 2.21. The van der Waals surface area contributed by atoms with E-state index in [2.05, 4.69) is 21.0 Å². The SMILES string of the molecule is O=C(NN=Cc1cc(Cl)cc(Br)c1O)c1ccccc1C(F)(F)F. The molecule has 0 aromatic heterocycles. The lowest BCUT2D eigenvalue weighted by Crippen LogP contribution is -2.22. The van der Waals surface area contributed by atoms with Crippen molar-refractivity contribution < 1.29 is 23.1 Å². The smallest absolute Gasteiger partial charge is 0.417 e. The van der Waals surface area contributed by atoms with Gasteiger partial charge in [0, 0.05) is 10.6 Å². The highest BCUT2D eigenvalue weighted by Gasteiger charge is 2.34. The Morgan fingerprint density at radius 2 is 1.96 bits per heavy atom. The third kappa shape index (κ3) is 4.27. The Labute approximate surface area is 148 Å². The number of carbonyl (C=O) groups is 1. The van der Waals surface area contributed by atoms with E-state index in [9.17, 15) is 23.1 Å². The van der Waals surface area contributed by atoms with E-state index in [-0.39, 0.29) is 11.3 Å². The van der Waals surface area contributed by atoms with Gasteiger partial charge in [-0.25, -0.2) is 5.43 Å². The first kappa shape index (κ1) is 18.3. The summed E-state index contributed by atoms with van der Waals surface area (Å²) in [4.78, 5) is 11.9. The van der Waals surface area contributed by atoms with Crippen LogP contribution in [0.4, 0.5) is 13.2 Å². The predicted octanol–water partition coefficient (Wildman–Crippen LogP) is 4.59. The molecule has 0 unspecified atom stereocenters. The highest BCUT2D eigenvalue weighted by atomic mass is 79.9. The molecule has 24 heavy (non-hydrogen) atoms. The average Bonchev–Trinajstić information content (AvgIpc) is 2.51. The number of alkyl halides is 3. The van der Waals surface area contributed by atoms with Gasteiger partial charge in [-0.15, -0.1) is 0 Å². The maximum atomic E-state index is 12.9. The second-order valence-electron chi connectivity index (χ2n) is 4.57. The summed E-state index contributed by atoms with van der Waals surface area (Å²) < 4.78 is 38.9. The van der Waals surface area contributed by atoms with Crippen molar-refractivity contribution in [2.45, 2.75) is 6.18 Å². The fourth-order valence-electron chi connectivity index (χ4n) is 1.83. The lowest BCUT2D eigenvalue weighted by Gasteiger charge is -2.11. The lowest BCUT2D eigenvalue weighted by molar-refractivity contribution is -0.137. The van der Waals surface area contributed by atoms with Crippen LogP contribution in [0.15, 0.2) is 46.0 Å². The van der Waals surface area contributed by atoms with Gasteiger partial charge < -0.3 is 5.11 Å². The molecule has 0 spiro atoms. The summed E-state index contributed by atoms with van der Waals surface area (Å²) in [5, 5.41) is 13.7. The van der Waals surface area contributed by atoms with Crippen LogP contribution < -0.4 is 5.43 Å². The molecule has 0 aliphatic rings. The van der Waals surface area contributed by atoms with Gasteiger partial charge in [0.15, 0.2) is 0 Å². The number of hydrogen-bond donors (Lipinski definition) is 2. The molecule has 2 rings (SSSR count). The second kappa shape index (κ2) is 7.23. The van der Waals surface area contributed by atoms with Crippen molar-refractivity contribution in [1.29, 1.82) is 0 Å². The topological polar surface area (TPSA) is 61.7 Å². The first-order valence-corrected chi connectivity index (χ1v) is 7.55. The van der Waals surface area contributed by atoms with Crippen molar-refractivity contribution >= 4 is 39.7 Å². The second-order valence-corrected chi connectivity index (χ2v) is 5.86. The van der Waals surface area contributed by atoms with Crippen LogP contribution >= 0.6 is 27.5 Å². The number of halogens is 5. The Morgan fingerprint density at radius 3 is 2.62 bits per heavy atom. The average molecular weight is 422 g/mol. The van der Waals surface area contributed by atoms with Crippen molar-refractivity contribution in [2.75, 3.05) is 0 Å². The molecule has 2 aromatic carbocycles. The van der Waals surface area contributed by atoms with Crippen LogP contribution in [0, 0.1) is 0 Å². The summed E-state index contributed by atoms with van der Waals surface area (Å²) in [5.74, 6) is -1.20. The molecule has 0 saturated heterocycles. The van der Waals surface area contributed by atoms with Crippen LogP contribution in [-0.4, -0.2) is 17.2 Å². The maximum absolute atomic E-state index is 12.9. The van der Waals surface area contributed by atoms with Gasteiger partial charge >= 0.3 is 6.18 Å². The monoisotopic (exact) mass is 420 g/mol. The Morgan fingerprint density at radius 1 is 1.29 bits per heavy atom. The van der Waals surface area contributed by atoms with Gasteiger partial charge in [0.25, 0.3) is 5.91 Å². The molecule has 0 radical (unpaired) electrons. The molecule has 0 saturated carbocycles. The van der Waals surface area contributed by atoms with Crippen molar-refractivity contribution in [2.24, 2.45) is 5.10 Å². The van der Waals surface area contributed by atoms with Crippen LogP contribution in [-0.2, 0) is 6.18 Å². The molecular formula is C15H9BrClF3N2O2. The first-order chi connectivity index (χ1) is 11.2. The van der Waals surface area contributed by atoms with Gasteiger partial charge in [0.05, 0.1) is 21.8 Å². The number of benzene rings is 2. The van der Waals surface area contributed by atoms with Gasteiger partial charge in [-0.05, 0) is 40.2 Å². The summed E-state index contributed by atoms with van der Waals surface area (Å²) >= 11 is 8.89. The van der Waals surface area contributed by atoms with Gasteiger partial charge in [0.2, 0.25) is 0 Å².